The standard InChI is InChI=1S/C46H66N14O9S2/c1-25-37(62)58-34(22-27-12-6-5-7-13-27)40(65)56-32(17-11-20-52-45(49)50)38(63)59-35(23-28-24-53-30-15-9-8-14-29(28)30)41(66)57-33(43(68)69)18-21-70-71-46(3,4)36(42(67)54-25)60-39(64)31(55-26(2)61)16-10-19-51-44(47)48/h5-9,12-15,24-25,31-36,53H,10-11,16-23H2,1-4H3,(H,54,67)(H,55,61)(H,56,65)(H,57,66)(H,58,62)(H,59,63)(H,60,64)(H,68,69)(H4,47,48,51)(H4,49,50,52)/t25-,31+,32+,33?,34-,35+,36+/m1/s1. The number of H-pyrrole nitrogens is 1. The maximum atomic E-state index is 14.4. The summed E-state index contributed by atoms with van der Waals surface area (Å²) in [7, 11) is 2.30. The number of aromatic amines is 1. The number of hydrogen-bond acceptors (Lipinski definition) is 12. The Kier molecular flexibility index (Phi) is 21.8. The van der Waals surface area contributed by atoms with Crippen LogP contribution in [0, 0.1) is 0 Å². The molecule has 1 aromatic heterocycles. The van der Waals surface area contributed by atoms with Crippen molar-refractivity contribution in [2.45, 2.75) is 120 Å². The smallest absolute Gasteiger partial charge is 0.326 e. The van der Waals surface area contributed by atoms with Crippen LogP contribution in [0.5, 0.6) is 0 Å². The summed E-state index contributed by atoms with van der Waals surface area (Å²) in [6.07, 6.45) is 1.94. The first-order valence-electron chi connectivity index (χ1n) is 23.0. The molecule has 1 aliphatic rings. The van der Waals surface area contributed by atoms with E-state index in [-0.39, 0.29) is 75.7 Å². The Hall–Kier alpha value is -7.02. The van der Waals surface area contributed by atoms with Crippen LogP contribution >= 0.6 is 21.6 Å². The number of fused-ring (bicyclic) bond motifs is 1. The molecule has 1 aliphatic heterocycles. The highest BCUT2D eigenvalue weighted by atomic mass is 33.1. The van der Waals surface area contributed by atoms with Gasteiger partial charge in [0, 0.05) is 60.5 Å². The van der Waals surface area contributed by atoms with Crippen molar-refractivity contribution in [1.29, 1.82) is 0 Å². The van der Waals surface area contributed by atoms with Crippen molar-refractivity contribution < 1.29 is 43.5 Å². The third kappa shape index (κ3) is 18.3. The number of hydrogen-bond donors (Lipinski definition) is 13. The van der Waals surface area contributed by atoms with Gasteiger partial charge in [-0.1, -0.05) is 70.1 Å². The zero-order valence-corrected chi connectivity index (χ0v) is 41.8. The van der Waals surface area contributed by atoms with E-state index in [1.807, 2.05) is 24.3 Å². The fourth-order valence-electron chi connectivity index (χ4n) is 7.52. The van der Waals surface area contributed by atoms with Crippen molar-refractivity contribution in [3.8, 4) is 0 Å². The number of carbonyl (C=O) groups excluding carboxylic acids is 7. The molecular weight excluding hydrogens is 957 g/mol. The number of guanidine groups is 2. The number of nitrogens with zero attached hydrogens (tertiary/aromatic N) is 2. The van der Waals surface area contributed by atoms with Crippen LogP contribution in [-0.2, 0) is 51.2 Å². The number of carboxylic acids is 1. The second-order valence-corrected chi connectivity index (χ2v) is 20.5. The van der Waals surface area contributed by atoms with Crippen LogP contribution in [0.15, 0.2) is 70.8 Å². The summed E-state index contributed by atoms with van der Waals surface area (Å²) in [6.45, 7) is 6.16. The van der Waals surface area contributed by atoms with E-state index < -0.39 is 94.4 Å². The van der Waals surface area contributed by atoms with Gasteiger partial charge in [0.25, 0.3) is 0 Å². The number of carboxylic acid groups (broad SMARTS) is 1. The van der Waals surface area contributed by atoms with Gasteiger partial charge in [0.15, 0.2) is 11.9 Å². The van der Waals surface area contributed by atoms with Crippen LogP contribution in [0.1, 0.15) is 70.9 Å². The summed E-state index contributed by atoms with van der Waals surface area (Å²) in [5, 5.41) is 29.9. The summed E-state index contributed by atoms with van der Waals surface area (Å²) in [5.74, 6) is -6.83. The van der Waals surface area contributed by atoms with Crippen molar-refractivity contribution >= 4 is 91.7 Å². The highest BCUT2D eigenvalue weighted by Gasteiger charge is 2.41. The van der Waals surface area contributed by atoms with Gasteiger partial charge in [-0.2, -0.15) is 0 Å². The Morgan fingerprint density at radius 3 is 2.03 bits per heavy atom. The number of aliphatic imine (C=N–C) groups is 2. The molecule has 0 radical (unpaired) electrons. The Balaban J connectivity index is 1.76. The number of nitrogens with one attached hydrogen (secondary N) is 8. The average molecular weight is 1020 g/mol. The number of aliphatic carboxylic acids is 1. The van der Waals surface area contributed by atoms with Crippen molar-refractivity contribution in [1.82, 2.24) is 42.2 Å². The van der Waals surface area contributed by atoms with E-state index in [0.29, 0.717) is 11.1 Å². The van der Waals surface area contributed by atoms with Gasteiger partial charge >= 0.3 is 5.97 Å². The van der Waals surface area contributed by atoms with Crippen LogP contribution in [0.3, 0.4) is 0 Å². The summed E-state index contributed by atoms with van der Waals surface area (Å²) >= 11 is 0. The molecule has 2 aromatic carbocycles. The molecule has 1 saturated heterocycles. The van der Waals surface area contributed by atoms with Crippen LogP contribution in [-0.4, -0.2) is 135 Å². The molecular formula is C46H66N14O9S2. The van der Waals surface area contributed by atoms with E-state index >= 15 is 0 Å². The SMILES string of the molecule is CC(=O)N[C@@H](CCCN=C(N)N)C(=O)N[C@H]1C(=O)N[C@H](C)C(=O)N[C@H](Cc2ccccc2)C(=O)N[C@@H](CCCN=C(N)N)C(=O)N[C@@H](Cc2c[nH]c3ccccc23)C(=O)NC(C(=O)O)CCSSC1(C)C. The quantitative estimate of drug-likeness (QED) is 0.0360. The number of amides is 7. The summed E-state index contributed by atoms with van der Waals surface area (Å²) in [5.41, 5.74) is 24.0. The highest BCUT2D eigenvalue weighted by Crippen LogP contribution is 2.39. The number of carbonyl (C=O) groups is 8. The van der Waals surface area contributed by atoms with Gasteiger partial charge < -0.3 is 70.2 Å². The van der Waals surface area contributed by atoms with Gasteiger partial charge in [-0.05, 0) is 70.1 Å². The normalized spacial score (nSPS) is 22.1. The van der Waals surface area contributed by atoms with E-state index in [1.165, 1.54) is 24.6 Å². The van der Waals surface area contributed by atoms with E-state index in [2.05, 4.69) is 52.2 Å². The summed E-state index contributed by atoms with van der Waals surface area (Å²) < 4.78 is -1.19. The Bertz CT molecular complexity index is 2410. The maximum absolute atomic E-state index is 14.4. The second kappa shape index (κ2) is 27.4. The van der Waals surface area contributed by atoms with Gasteiger partial charge in [-0.25, -0.2) is 4.79 Å². The molecule has 1 unspecified atom stereocenters. The molecule has 17 N–H and O–H groups in total. The average Bonchev–Trinajstić information content (AvgIpc) is 3.72. The van der Waals surface area contributed by atoms with Crippen molar-refractivity contribution in [2.75, 3.05) is 18.8 Å². The zero-order valence-electron chi connectivity index (χ0n) is 40.1. The van der Waals surface area contributed by atoms with Crippen LogP contribution in [0.4, 0.5) is 0 Å². The Labute approximate surface area is 419 Å². The van der Waals surface area contributed by atoms with Gasteiger partial charge in [0.05, 0.1) is 0 Å². The molecule has 0 saturated carbocycles. The van der Waals surface area contributed by atoms with Gasteiger partial charge in [-0.3, -0.25) is 43.5 Å². The lowest BCUT2D eigenvalue weighted by molar-refractivity contribution is -0.142. The number of aromatic nitrogens is 1. The van der Waals surface area contributed by atoms with Gasteiger partial charge in [-0.15, -0.1) is 0 Å². The van der Waals surface area contributed by atoms with E-state index in [0.717, 1.165) is 21.7 Å². The topological polar surface area (TPSA) is 386 Å². The van der Waals surface area contributed by atoms with E-state index in [1.54, 1.807) is 50.4 Å². The number of benzene rings is 2. The van der Waals surface area contributed by atoms with Crippen molar-refractivity contribution in [3.63, 3.8) is 0 Å². The van der Waals surface area contributed by atoms with Crippen LogP contribution in [0.25, 0.3) is 10.9 Å². The summed E-state index contributed by atoms with van der Waals surface area (Å²) in [6, 6.07) is 6.76. The lowest BCUT2D eigenvalue weighted by atomic mass is 10.00. The molecule has 386 valence electrons. The molecule has 4 rings (SSSR count). The van der Waals surface area contributed by atoms with Crippen LogP contribution < -0.4 is 60.2 Å². The number of para-hydroxylation sites is 1. The molecule has 2 heterocycles. The third-order valence-corrected chi connectivity index (χ3v) is 14.6. The number of rotatable bonds is 16. The molecule has 0 aliphatic carbocycles. The molecule has 0 spiro atoms. The fraction of sp³-hybridized carbons (Fsp3) is 0.478. The zero-order chi connectivity index (χ0) is 52.3. The first-order valence-corrected chi connectivity index (χ1v) is 25.3. The lowest BCUT2D eigenvalue weighted by Gasteiger charge is -2.34. The van der Waals surface area contributed by atoms with Gasteiger partial charge in [0.1, 0.15) is 42.3 Å². The Morgan fingerprint density at radius 1 is 0.775 bits per heavy atom. The first kappa shape index (κ1) is 56.6. The van der Waals surface area contributed by atoms with Crippen molar-refractivity contribution in [2.24, 2.45) is 32.9 Å². The Morgan fingerprint density at radius 2 is 1.37 bits per heavy atom. The lowest BCUT2D eigenvalue weighted by Crippen LogP contribution is -2.62. The highest BCUT2D eigenvalue weighted by molar-refractivity contribution is 8.77. The van der Waals surface area contributed by atoms with E-state index in [9.17, 15) is 43.5 Å². The minimum Gasteiger partial charge on any atom is -0.480 e. The van der Waals surface area contributed by atoms with E-state index in [4.69, 9.17) is 22.9 Å². The molecule has 1 fully saturated rings. The minimum absolute atomic E-state index is 0.0389. The fourth-order valence-corrected chi connectivity index (χ4v) is 10.2. The number of nitrogens with two attached hydrogens (primary N) is 4. The maximum Gasteiger partial charge on any atom is 0.326 e. The predicted octanol–water partition coefficient (Wildman–Crippen LogP) is -0.858. The molecule has 71 heavy (non-hydrogen) atoms. The molecule has 23 nitrogen and oxygen atoms in total. The third-order valence-electron chi connectivity index (χ3n) is 11.2. The molecule has 0 bridgehead atoms. The largest absolute Gasteiger partial charge is 0.480 e. The predicted molar refractivity (Wildman–Crippen MR) is 273 cm³/mol. The molecule has 7 atom stereocenters. The van der Waals surface area contributed by atoms with Crippen molar-refractivity contribution in [3.05, 3.63) is 71.9 Å². The second-order valence-electron chi connectivity index (χ2n) is 17.5. The molecule has 3 aromatic rings. The van der Waals surface area contributed by atoms with Gasteiger partial charge in [0.2, 0.25) is 41.4 Å². The summed E-state index contributed by atoms with van der Waals surface area (Å²) in [4.78, 5) is 122. The first-order chi connectivity index (χ1) is 33.6. The molecule has 25 heteroatoms. The minimum atomic E-state index is -1.45. The molecule has 7 amide bonds. The van der Waals surface area contributed by atoms with Crippen LogP contribution in [0.2, 0.25) is 0 Å². The monoisotopic (exact) mass is 1020 g/mol.